The lowest BCUT2D eigenvalue weighted by Crippen LogP contribution is -2.37. The highest BCUT2D eigenvalue weighted by Crippen LogP contribution is 2.13. The van der Waals surface area contributed by atoms with Gasteiger partial charge in [-0.25, -0.2) is 4.79 Å². The number of aromatic nitrogens is 1. The molecule has 1 aromatic heterocycles. The first-order chi connectivity index (χ1) is 12.7. The lowest BCUT2D eigenvalue weighted by molar-refractivity contribution is 0.0232. The van der Waals surface area contributed by atoms with Crippen LogP contribution in [0.3, 0.4) is 0 Å². The summed E-state index contributed by atoms with van der Waals surface area (Å²) < 4.78 is 5.52. The first kappa shape index (κ1) is 22.7. The normalized spacial score (nSPS) is 12.1. The SMILES string of the molecule is CC(C)CCNC(N)=NCCCN(Cc1cccnc1)C(=O)OC(C)(C)C. The summed E-state index contributed by atoms with van der Waals surface area (Å²) in [5.41, 5.74) is 6.29. The number of amides is 1. The zero-order valence-corrected chi connectivity index (χ0v) is 17.4. The Balaban J connectivity index is 2.54. The van der Waals surface area contributed by atoms with Crippen LogP contribution in [0.1, 0.15) is 53.0 Å². The van der Waals surface area contributed by atoms with Gasteiger partial charge in [-0.15, -0.1) is 0 Å². The fourth-order valence-electron chi connectivity index (χ4n) is 2.28. The van der Waals surface area contributed by atoms with E-state index in [-0.39, 0.29) is 6.09 Å². The van der Waals surface area contributed by atoms with Gasteiger partial charge >= 0.3 is 6.09 Å². The van der Waals surface area contributed by atoms with Gasteiger partial charge in [0.1, 0.15) is 5.60 Å². The van der Waals surface area contributed by atoms with E-state index < -0.39 is 5.60 Å². The van der Waals surface area contributed by atoms with Crippen molar-refractivity contribution >= 4 is 12.1 Å². The fraction of sp³-hybridized carbons (Fsp3) is 0.650. The van der Waals surface area contributed by atoms with E-state index in [0.717, 1.165) is 18.5 Å². The summed E-state index contributed by atoms with van der Waals surface area (Å²) in [6.07, 6.45) is 4.88. The summed E-state index contributed by atoms with van der Waals surface area (Å²) in [4.78, 5) is 22.6. The number of nitrogens with one attached hydrogen (secondary N) is 1. The molecular formula is C20H35N5O2. The van der Waals surface area contributed by atoms with E-state index >= 15 is 0 Å². The van der Waals surface area contributed by atoms with Gasteiger partial charge < -0.3 is 20.7 Å². The average Bonchev–Trinajstić information content (AvgIpc) is 2.56. The van der Waals surface area contributed by atoms with E-state index in [0.29, 0.717) is 37.9 Å². The van der Waals surface area contributed by atoms with Gasteiger partial charge in [0.25, 0.3) is 0 Å². The van der Waals surface area contributed by atoms with E-state index in [1.807, 2.05) is 32.9 Å². The lowest BCUT2D eigenvalue weighted by Gasteiger charge is -2.27. The average molecular weight is 378 g/mol. The Hall–Kier alpha value is -2.31. The van der Waals surface area contributed by atoms with Crippen molar-refractivity contribution in [1.82, 2.24) is 15.2 Å². The molecule has 1 heterocycles. The molecule has 27 heavy (non-hydrogen) atoms. The number of carbonyl (C=O) groups is 1. The summed E-state index contributed by atoms with van der Waals surface area (Å²) in [6, 6.07) is 3.80. The van der Waals surface area contributed by atoms with Crippen LogP contribution in [0.15, 0.2) is 29.5 Å². The van der Waals surface area contributed by atoms with Crippen molar-refractivity contribution in [2.45, 2.75) is 59.6 Å². The molecule has 3 N–H and O–H groups in total. The van der Waals surface area contributed by atoms with Crippen LogP contribution in [0, 0.1) is 5.92 Å². The molecule has 0 unspecified atom stereocenters. The van der Waals surface area contributed by atoms with Gasteiger partial charge in [0.05, 0.1) is 6.54 Å². The summed E-state index contributed by atoms with van der Waals surface area (Å²) in [5.74, 6) is 1.08. The van der Waals surface area contributed by atoms with Gasteiger partial charge in [-0.3, -0.25) is 9.98 Å². The van der Waals surface area contributed by atoms with Gasteiger partial charge in [0, 0.05) is 32.0 Å². The highest BCUT2D eigenvalue weighted by molar-refractivity contribution is 5.77. The van der Waals surface area contributed by atoms with Crippen molar-refractivity contribution in [3.8, 4) is 0 Å². The number of pyridine rings is 1. The second-order valence-electron chi connectivity index (χ2n) is 7.99. The number of aliphatic imine (C=N–C) groups is 1. The van der Waals surface area contributed by atoms with Crippen molar-refractivity contribution in [1.29, 1.82) is 0 Å². The van der Waals surface area contributed by atoms with Crippen LogP contribution >= 0.6 is 0 Å². The number of ether oxygens (including phenoxy) is 1. The van der Waals surface area contributed by atoms with Crippen LogP contribution in [-0.4, -0.2) is 47.2 Å². The molecule has 0 aromatic carbocycles. The lowest BCUT2D eigenvalue weighted by atomic mass is 10.1. The molecule has 152 valence electrons. The molecule has 0 saturated carbocycles. The summed E-state index contributed by atoms with van der Waals surface area (Å²) in [6.45, 7) is 12.3. The first-order valence-electron chi connectivity index (χ1n) is 9.58. The van der Waals surface area contributed by atoms with Crippen LogP contribution in [0.25, 0.3) is 0 Å². The third-order valence-electron chi connectivity index (χ3n) is 3.64. The van der Waals surface area contributed by atoms with E-state index in [2.05, 4.69) is 29.1 Å². The minimum atomic E-state index is -0.535. The van der Waals surface area contributed by atoms with E-state index in [9.17, 15) is 4.79 Å². The summed E-state index contributed by atoms with van der Waals surface area (Å²) in [5, 5.41) is 3.11. The Kier molecular flexibility index (Phi) is 9.61. The molecule has 7 nitrogen and oxygen atoms in total. The zero-order chi connectivity index (χ0) is 20.3. The minimum Gasteiger partial charge on any atom is -0.444 e. The number of nitrogens with zero attached hydrogens (tertiary/aromatic N) is 3. The maximum Gasteiger partial charge on any atom is 0.410 e. The molecule has 0 radical (unpaired) electrons. The number of carbonyl (C=O) groups excluding carboxylic acids is 1. The van der Waals surface area contributed by atoms with Gasteiger partial charge in [-0.05, 0) is 51.2 Å². The van der Waals surface area contributed by atoms with Gasteiger partial charge in [-0.1, -0.05) is 19.9 Å². The number of hydrogen-bond acceptors (Lipinski definition) is 4. The molecule has 0 aliphatic rings. The molecule has 0 saturated heterocycles. The predicted octanol–water partition coefficient (Wildman–Crippen LogP) is 3.16. The van der Waals surface area contributed by atoms with Crippen molar-refractivity contribution in [2.75, 3.05) is 19.6 Å². The highest BCUT2D eigenvalue weighted by Gasteiger charge is 2.22. The van der Waals surface area contributed by atoms with E-state index in [1.165, 1.54) is 0 Å². The smallest absolute Gasteiger partial charge is 0.410 e. The minimum absolute atomic E-state index is 0.335. The van der Waals surface area contributed by atoms with Crippen molar-refractivity contribution in [3.05, 3.63) is 30.1 Å². The van der Waals surface area contributed by atoms with Gasteiger partial charge in [0.2, 0.25) is 0 Å². The topological polar surface area (TPSA) is 92.8 Å². The molecular weight excluding hydrogens is 342 g/mol. The van der Waals surface area contributed by atoms with Gasteiger partial charge in [-0.2, -0.15) is 0 Å². The van der Waals surface area contributed by atoms with Crippen LogP contribution in [0.2, 0.25) is 0 Å². The van der Waals surface area contributed by atoms with Crippen LogP contribution in [0.4, 0.5) is 4.79 Å². The Bertz CT molecular complexity index is 582. The van der Waals surface area contributed by atoms with Gasteiger partial charge in [0.15, 0.2) is 5.96 Å². The second-order valence-corrected chi connectivity index (χ2v) is 7.99. The quantitative estimate of drug-likeness (QED) is 0.392. The monoisotopic (exact) mass is 377 g/mol. The van der Waals surface area contributed by atoms with Crippen molar-refractivity contribution in [2.24, 2.45) is 16.6 Å². The summed E-state index contributed by atoms with van der Waals surface area (Å²) >= 11 is 0. The number of hydrogen-bond donors (Lipinski definition) is 2. The van der Waals surface area contributed by atoms with Crippen LogP contribution < -0.4 is 11.1 Å². The predicted molar refractivity (Wildman–Crippen MR) is 109 cm³/mol. The molecule has 0 fully saturated rings. The van der Waals surface area contributed by atoms with Crippen molar-refractivity contribution < 1.29 is 9.53 Å². The summed E-state index contributed by atoms with van der Waals surface area (Å²) in [7, 11) is 0. The number of rotatable bonds is 9. The number of nitrogens with two attached hydrogens (primary N) is 1. The first-order valence-corrected chi connectivity index (χ1v) is 9.58. The molecule has 1 aromatic rings. The highest BCUT2D eigenvalue weighted by atomic mass is 16.6. The van der Waals surface area contributed by atoms with Crippen LogP contribution in [0.5, 0.6) is 0 Å². The maximum atomic E-state index is 12.5. The molecule has 0 spiro atoms. The molecule has 0 bridgehead atoms. The third-order valence-corrected chi connectivity index (χ3v) is 3.64. The maximum absolute atomic E-state index is 12.5. The zero-order valence-electron chi connectivity index (χ0n) is 17.4. The fourth-order valence-corrected chi connectivity index (χ4v) is 2.28. The van der Waals surface area contributed by atoms with Crippen molar-refractivity contribution in [3.63, 3.8) is 0 Å². The standard InChI is InChI=1S/C20H35N5O2/c1-16(2)9-12-24-18(21)23-11-7-13-25(19(26)27-20(3,4)5)15-17-8-6-10-22-14-17/h6,8,10,14,16H,7,9,11-13,15H2,1-5H3,(H3,21,23,24). The largest absolute Gasteiger partial charge is 0.444 e. The van der Waals surface area contributed by atoms with Crippen LogP contribution in [-0.2, 0) is 11.3 Å². The second kappa shape index (κ2) is 11.4. The van der Waals surface area contributed by atoms with E-state index in [1.54, 1.807) is 17.3 Å². The Morgan fingerprint density at radius 2 is 2.15 bits per heavy atom. The molecule has 0 atom stereocenters. The third kappa shape index (κ3) is 11.1. The molecule has 0 aliphatic heterocycles. The molecule has 1 rings (SSSR count). The Morgan fingerprint density at radius 3 is 2.74 bits per heavy atom. The Labute approximate surface area is 163 Å². The molecule has 1 amide bonds. The Morgan fingerprint density at radius 1 is 1.41 bits per heavy atom. The molecule has 0 aliphatic carbocycles. The number of guanidine groups is 1. The molecule has 7 heteroatoms. The van der Waals surface area contributed by atoms with E-state index in [4.69, 9.17) is 10.5 Å².